The molecular weight excluding hydrogens is 218 g/mol. The Morgan fingerprint density at radius 2 is 1.75 bits per heavy atom. The van der Waals surface area contributed by atoms with E-state index in [2.05, 4.69) is 0 Å². The topological polar surface area (TPSA) is 20.2 Å². The lowest BCUT2D eigenvalue weighted by Crippen LogP contribution is -2.00. The number of hydrogen-bond donors (Lipinski definition) is 1. The van der Waals surface area contributed by atoms with Gasteiger partial charge in [0, 0.05) is 0 Å². The summed E-state index contributed by atoms with van der Waals surface area (Å²) in [5, 5.41) is 8.31. The molecule has 0 atom stereocenters. The molecule has 72 valence electrons. The third kappa shape index (κ3) is 10.4. The number of halogens is 3. The number of unbranched alkanes of at least 4 members (excludes halogenated alkanes) is 3. The number of rotatable bonds is 5. The molecule has 0 aromatic heterocycles. The Bertz CT molecular complexity index is 129. The first-order chi connectivity index (χ1) is 5.56. The maximum absolute atomic E-state index is 8.31. The SMILES string of the molecule is OC=CCCCCCC(Cl)(Cl)Cl. The van der Waals surface area contributed by atoms with Gasteiger partial charge in [-0.05, 0) is 25.7 Å². The van der Waals surface area contributed by atoms with Gasteiger partial charge in [-0.25, -0.2) is 0 Å². The highest BCUT2D eigenvalue weighted by atomic mass is 35.6. The number of aliphatic hydroxyl groups is 1. The Balaban J connectivity index is 3.11. The van der Waals surface area contributed by atoms with E-state index in [0.29, 0.717) is 6.42 Å². The Morgan fingerprint density at radius 3 is 2.25 bits per heavy atom. The molecule has 0 bridgehead atoms. The molecule has 0 aliphatic carbocycles. The standard InChI is InChI=1S/C8H13Cl3O/c9-8(10,11)6-4-2-1-3-5-7-12/h5,7,12H,1-4,6H2. The molecule has 0 aliphatic rings. The van der Waals surface area contributed by atoms with E-state index in [0.717, 1.165) is 31.9 Å². The second kappa shape index (κ2) is 6.88. The van der Waals surface area contributed by atoms with Crippen LogP contribution in [-0.2, 0) is 0 Å². The summed E-state index contributed by atoms with van der Waals surface area (Å²) >= 11 is 16.7. The minimum Gasteiger partial charge on any atom is -0.516 e. The third-order valence-electron chi connectivity index (χ3n) is 1.44. The summed E-state index contributed by atoms with van der Waals surface area (Å²) in [4.78, 5) is 0. The molecule has 0 fully saturated rings. The maximum atomic E-state index is 8.31. The Labute approximate surface area is 88.3 Å². The lowest BCUT2D eigenvalue weighted by Gasteiger charge is -2.08. The highest BCUT2D eigenvalue weighted by molar-refractivity contribution is 6.67. The number of aliphatic hydroxyl groups excluding tert-OH is 1. The van der Waals surface area contributed by atoms with Gasteiger partial charge in [0.1, 0.15) is 0 Å². The van der Waals surface area contributed by atoms with Crippen molar-refractivity contribution in [3.63, 3.8) is 0 Å². The van der Waals surface area contributed by atoms with Crippen LogP contribution in [0.1, 0.15) is 32.1 Å². The molecule has 0 amide bonds. The van der Waals surface area contributed by atoms with Crippen LogP contribution in [0.4, 0.5) is 0 Å². The predicted molar refractivity (Wildman–Crippen MR) is 55.1 cm³/mol. The second-order valence-electron chi connectivity index (χ2n) is 2.60. The van der Waals surface area contributed by atoms with Crippen molar-refractivity contribution >= 4 is 34.8 Å². The fourth-order valence-electron chi connectivity index (χ4n) is 0.839. The van der Waals surface area contributed by atoms with E-state index >= 15 is 0 Å². The first-order valence-corrected chi connectivity index (χ1v) is 5.05. The van der Waals surface area contributed by atoms with Crippen LogP contribution in [0.25, 0.3) is 0 Å². The quantitative estimate of drug-likeness (QED) is 0.423. The van der Waals surface area contributed by atoms with E-state index < -0.39 is 3.79 Å². The number of alkyl halides is 3. The summed E-state index contributed by atoms with van der Waals surface area (Å²) < 4.78 is -1.10. The minimum absolute atomic E-state index is 0.598. The normalized spacial score (nSPS) is 12.6. The average Bonchev–Trinajstić information content (AvgIpc) is 1.94. The summed E-state index contributed by atoms with van der Waals surface area (Å²) in [6, 6.07) is 0. The molecule has 0 heterocycles. The minimum atomic E-state index is -1.10. The van der Waals surface area contributed by atoms with E-state index in [1.165, 1.54) is 0 Å². The van der Waals surface area contributed by atoms with Crippen molar-refractivity contribution in [1.29, 1.82) is 0 Å². The lowest BCUT2D eigenvalue weighted by molar-refractivity contribution is 0.469. The van der Waals surface area contributed by atoms with Gasteiger partial charge in [-0.2, -0.15) is 0 Å². The molecule has 0 spiro atoms. The molecule has 0 aromatic carbocycles. The van der Waals surface area contributed by atoms with Crippen LogP contribution in [0.5, 0.6) is 0 Å². The van der Waals surface area contributed by atoms with E-state index in [4.69, 9.17) is 39.9 Å². The fraction of sp³-hybridized carbons (Fsp3) is 0.750. The predicted octanol–water partition coefficient (Wildman–Crippen LogP) is 4.38. The van der Waals surface area contributed by atoms with Gasteiger partial charge in [0.15, 0.2) is 3.79 Å². The molecular formula is C8H13Cl3O. The van der Waals surface area contributed by atoms with Gasteiger partial charge in [-0.15, -0.1) is 0 Å². The van der Waals surface area contributed by atoms with Crippen molar-refractivity contribution in [2.75, 3.05) is 0 Å². The molecule has 0 saturated carbocycles. The van der Waals surface area contributed by atoms with Gasteiger partial charge in [0.05, 0.1) is 6.26 Å². The van der Waals surface area contributed by atoms with Crippen molar-refractivity contribution in [1.82, 2.24) is 0 Å². The molecule has 0 saturated heterocycles. The van der Waals surface area contributed by atoms with Crippen molar-refractivity contribution in [3.05, 3.63) is 12.3 Å². The zero-order valence-corrected chi connectivity index (χ0v) is 9.04. The highest BCUT2D eigenvalue weighted by Crippen LogP contribution is 2.31. The molecule has 1 N–H and O–H groups in total. The van der Waals surface area contributed by atoms with Crippen LogP contribution in [0.2, 0.25) is 0 Å². The molecule has 1 nitrogen and oxygen atoms in total. The van der Waals surface area contributed by atoms with Gasteiger partial charge in [0.2, 0.25) is 0 Å². The number of allylic oxidation sites excluding steroid dienone is 1. The zero-order valence-electron chi connectivity index (χ0n) is 6.77. The Morgan fingerprint density at radius 1 is 1.08 bits per heavy atom. The molecule has 0 rings (SSSR count). The van der Waals surface area contributed by atoms with Crippen molar-refractivity contribution in [3.8, 4) is 0 Å². The average molecular weight is 232 g/mol. The second-order valence-corrected chi connectivity index (χ2v) is 5.12. The van der Waals surface area contributed by atoms with Crippen LogP contribution >= 0.6 is 34.8 Å². The fourth-order valence-corrected chi connectivity index (χ4v) is 1.24. The summed E-state index contributed by atoms with van der Waals surface area (Å²) in [7, 11) is 0. The molecule has 4 heteroatoms. The molecule has 0 aliphatic heterocycles. The third-order valence-corrected chi connectivity index (χ3v) is 2.00. The van der Waals surface area contributed by atoms with Crippen molar-refractivity contribution in [2.24, 2.45) is 0 Å². The van der Waals surface area contributed by atoms with Crippen molar-refractivity contribution < 1.29 is 5.11 Å². The zero-order chi connectivity index (χ0) is 9.45. The van der Waals surface area contributed by atoms with Gasteiger partial charge in [-0.3, -0.25) is 0 Å². The smallest absolute Gasteiger partial charge is 0.190 e. The van der Waals surface area contributed by atoms with Crippen LogP contribution in [0.3, 0.4) is 0 Å². The summed E-state index contributed by atoms with van der Waals surface area (Å²) in [5.41, 5.74) is 0. The maximum Gasteiger partial charge on any atom is 0.190 e. The summed E-state index contributed by atoms with van der Waals surface area (Å²) in [6.45, 7) is 0. The molecule has 0 unspecified atom stereocenters. The lowest BCUT2D eigenvalue weighted by atomic mass is 10.1. The van der Waals surface area contributed by atoms with Gasteiger partial charge in [0.25, 0.3) is 0 Å². The van der Waals surface area contributed by atoms with E-state index in [1.54, 1.807) is 6.08 Å². The Kier molecular flexibility index (Phi) is 7.11. The first-order valence-electron chi connectivity index (χ1n) is 3.92. The van der Waals surface area contributed by atoms with Crippen LogP contribution in [-0.4, -0.2) is 8.90 Å². The van der Waals surface area contributed by atoms with E-state index in [9.17, 15) is 0 Å². The van der Waals surface area contributed by atoms with Gasteiger partial charge < -0.3 is 5.11 Å². The van der Waals surface area contributed by atoms with Crippen LogP contribution in [0, 0.1) is 0 Å². The van der Waals surface area contributed by atoms with Crippen molar-refractivity contribution in [2.45, 2.75) is 35.9 Å². The van der Waals surface area contributed by atoms with E-state index in [1.807, 2.05) is 0 Å². The molecule has 0 radical (unpaired) electrons. The van der Waals surface area contributed by atoms with E-state index in [-0.39, 0.29) is 0 Å². The van der Waals surface area contributed by atoms with Crippen LogP contribution < -0.4 is 0 Å². The monoisotopic (exact) mass is 230 g/mol. The Hall–Kier alpha value is 0.410. The van der Waals surface area contributed by atoms with Gasteiger partial charge >= 0.3 is 0 Å². The summed E-state index contributed by atoms with van der Waals surface area (Å²) in [6.07, 6.45) is 7.23. The number of hydrogen-bond acceptors (Lipinski definition) is 1. The molecule has 12 heavy (non-hydrogen) atoms. The van der Waals surface area contributed by atoms with Gasteiger partial charge in [-0.1, -0.05) is 47.3 Å². The molecule has 0 aromatic rings. The summed E-state index contributed by atoms with van der Waals surface area (Å²) in [5.74, 6) is 0. The first kappa shape index (κ1) is 12.4. The largest absolute Gasteiger partial charge is 0.516 e. The highest BCUT2D eigenvalue weighted by Gasteiger charge is 2.17. The van der Waals surface area contributed by atoms with Crippen LogP contribution in [0.15, 0.2) is 12.3 Å².